The number of hydrogen-bond acceptors (Lipinski definition) is 1. The minimum atomic E-state index is -0.315. The third kappa shape index (κ3) is 2.67. The molecule has 1 aliphatic carbocycles. The smallest absolute Gasteiger partial charge is 0.0827 e. The van der Waals surface area contributed by atoms with Crippen molar-refractivity contribution in [3.05, 3.63) is 24.0 Å². The van der Waals surface area contributed by atoms with Crippen molar-refractivity contribution < 1.29 is 5.11 Å². The predicted molar refractivity (Wildman–Crippen MR) is 66.2 cm³/mol. The molecule has 1 unspecified atom stereocenters. The largest absolute Gasteiger partial charge is 0.388 e. The normalized spacial score (nSPS) is 19.5. The Balaban J connectivity index is 1.96. The van der Waals surface area contributed by atoms with E-state index in [4.69, 9.17) is 0 Å². The van der Waals surface area contributed by atoms with E-state index in [1.165, 1.54) is 25.7 Å². The molecule has 16 heavy (non-hydrogen) atoms. The zero-order chi connectivity index (χ0) is 11.5. The number of aliphatic hydroxyl groups excluding tert-OH is 1. The molecule has 0 spiro atoms. The minimum absolute atomic E-state index is 0.294. The van der Waals surface area contributed by atoms with E-state index < -0.39 is 0 Å². The van der Waals surface area contributed by atoms with Crippen molar-refractivity contribution in [3.63, 3.8) is 0 Å². The molecule has 1 N–H and O–H groups in total. The molecule has 1 aliphatic rings. The van der Waals surface area contributed by atoms with Gasteiger partial charge in [0.25, 0.3) is 0 Å². The predicted octanol–water partition coefficient (Wildman–Crippen LogP) is 3.37. The molecular formula is C14H23NO. The molecule has 0 radical (unpaired) electrons. The highest BCUT2D eigenvalue weighted by Gasteiger charge is 2.17. The van der Waals surface area contributed by atoms with Gasteiger partial charge in [-0.1, -0.05) is 26.7 Å². The highest BCUT2D eigenvalue weighted by atomic mass is 16.3. The second kappa shape index (κ2) is 5.05. The molecule has 0 amide bonds. The van der Waals surface area contributed by atoms with Crippen LogP contribution in [0.1, 0.15) is 51.2 Å². The third-order valence-corrected chi connectivity index (χ3v) is 3.69. The minimum Gasteiger partial charge on any atom is -0.388 e. The van der Waals surface area contributed by atoms with Crippen LogP contribution in [0.25, 0.3) is 0 Å². The molecule has 2 nitrogen and oxygen atoms in total. The molecule has 1 atom stereocenters. The molecule has 1 aromatic heterocycles. The maximum atomic E-state index is 9.96. The molecule has 0 saturated heterocycles. The Kier molecular flexibility index (Phi) is 3.70. The van der Waals surface area contributed by atoms with E-state index in [0.717, 1.165) is 18.0 Å². The molecule has 1 fully saturated rings. The van der Waals surface area contributed by atoms with E-state index in [0.29, 0.717) is 5.92 Å². The molecule has 0 aliphatic heterocycles. The van der Waals surface area contributed by atoms with Crippen molar-refractivity contribution in [2.24, 2.45) is 11.8 Å². The van der Waals surface area contributed by atoms with Crippen LogP contribution >= 0.6 is 0 Å². The van der Waals surface area contributed by atoms with Gasteiger partial charge in [0.2, 0.25) is 0 Å². The van der Waals surface area contributed by atoms with Crippen LogP contribution in [0.15, 0.2) is 18.5 Å². The summed E-state index contributed by atoms with van der Waals surface area (Å²) in [6.45, 7) is 5.24. The van der Waals surface area contributed by atoms with Gasteiger partial charge < -0.3 is 9.67 Å². The van der Waals surface area contributed by atoms with Crippen LogP contribution in [0.5, 0.6) is 0 Å². The van der Waals surface area contributed by atoms with Gasteiger partial charge in [-0.25, -0.2) is 0 Å². The Hall–Kier alpha value is -0.760. The Morgan fingerprint density at radius 2 is 2.06 bits per heavy atom. The van der Waals surface area contributed by atoms with Crippen LogP contribution in [-0.2, 0) is 6.54 Å². The molecule has 0 bridgehead atoms. The molecule has 1 aromatic rings. The van der Waals surface area contributed by atoms with Crippen molar-refractivity contribution in [1.29, 1.82) is 0 Å². The van der Waals surface area contributed by atoms with Crippen LogP contribution in [0.2, 0.25) is 0 Å². The average Bonchev–Trinajstić information content (AvgIpc) is 2.88. The molecule has 2 rings (SSSR count). The quantitative estimate of drug-likeness (QED) is 0.828. The molecule has 0 aromatic carbocycles. The number of rotatable bonds is 4. The van der Waals surface area contributed by atoms with Crippen molar-refractivity contribution in [2.75, 3.05) is 0 Å². The molecular weight excluding hydrogens is 198 g/mol. The van der Waals surface area contributed by atoms with Gasteiger partial charge >= 0.3 is 0 Å². The Bertz CT molecular complexity index is 323. The summed E-state index contributed by atoms with van der Waals surface area (Å²) < 4.78 is 2.25. The van der Waals surface area contributed by atoms with E-state index in [-0.39, 0.29) is 6.10 Å². The van der Waals surface area contributed by atoms with E-state index in [1.54, 1.807) is 0 Å². The maximum absolute atomic E-state index is 9.96. The first-order valence-electron chi connectivity index (χ1n) is 6.50. The van der Waals surface area contributed by atoms with Crippen LogP contribution in [0, 0.1) is 11.8 Å². The lowest BCUT2D eigenvalue weighted by molar-refractivity contribution is 0.127. The number of aliphatic hydroxyl groups is 1. The van der Waals surface area contributed by atoms with Gasteiger partial charge in [0.1, 0.15) is 0 Å². The Labute approximate surface area is 98.3 Å². The molecule has 90 valence electrons. The van der Waals surface area contributed by atoms with Gasteiger partial charge in [-0.2, -0.15) is 0 Å². The second-order valence-electron chi connectivity index (χ2n) is 5.48. The topological polar surface area (TPSA) is 25.2 Å². The SMILES string of the molecule is CC(C)C(O)c1ccn(CC2CCCC2)c1. The Morgan fingerprint density at radius 3 is 2.69 bits per heavy atom. The summed E-state index contributed by atoms with van der Waals surface area (Å²) in [5, 5.41) is 9.96. The second-order valence-corrected chi connectivity index (χ2v) is 5.48. The van der Waals surface area contributed by atoms with Crippen molar-refractivity contribution in [2.45, 2.75) is 52.2 Å². The summed E-state index contributed by atoms with van der Waals surface area (Å²) >= 11 is 0. The fraction of sp³-hybridized carbons (Fsp3) is 0.714. The maximum Gasteiger partial charge on any atom is 0.0827 e. The molecule has 1 saturated carbocycles. The van der Waals surface area contributed by atoms with Gasteiger partial charge in [0.15, 0.2) is 0 Å². The highest BCUT2D eigenvalue weighted by molar-refractivity contribution is 5.14. The van der Waals surface area contributed by atoms with E-state index >= 15 is 0 Å². The van der Waals surface area contributed by atoms with E-state index in [2.05, 4.69) is 36.9 Å². The van der Waals surface area contributed by atoms with Gasteiger partial charge in [-0.15, -0.1) is 0 Å². The highest BCUT2D eigenvalue weighted by Crippen LogP contribution is 2.27. The third-order valence-electron chi connectivity index (χ3n) is 3.69. The fourth-order valence-corrected chi connectivity index (χ4v) is 2.62. The van der Waals surface area contributed by atoms with Crippen LogP contribution < -0.4 is 0 Å². The summed E-state index contributed by atoms with van der Waals surface area (Å²) in [7, 11) is 0. The standard InChI is InChI=1S/C14H23NO/c1-11(2)14(16)13-7-8-15(10-13)9-12-5-3-4-6-12/h7-8,10-12,14,16H,3-6,9H2,1-2H3. The van der Waals surface area contributed by atoms with Gasteiger partial charge in [-0.05, 0) is 36.3 Å². The van der Waals surface area contributed by atoms with Crippen molar-refractivity contribution in [3.8, 4) is 0 Å². The average molecular weight is 221 g/mol. The molecule has 2 heteroatoms. The van der Waals surface area contributed by atoms with Crippen LogP contribution in [0.4, 0.5) is 0 Å². The zero-order valence-electron chi connectivity index (χ0n) is 10.4. The first-order valence-corrected chi connectivity index (χ1v) is 6.50. The Morgan fingerprint density at radius 1 is 1.38 bits per heavy atom. The van der Waals surface area contributed by atoms with E-state index in [1.807, 2.05) is 0 Å². The van der Waals surface area contributed by atoms with Gasteiger partial charge in [0, 0.05) is 18.9 Å². The van der Waals surface area contributed by atoms with Crippen LogP contribution in [-0.4, -0.2) is 9.67 Å². The number of aromatic nitrogens is 1. The number of nitrogens with zero attached hydrogens (tertiary/aromatic N) is 1. The first-order chi connectivity index (χ1) is 7.66. The lowest BCUT2D eigenvalue weighted by Gasteiger charge is -2.13. The lowest BCUT2D eigenvalue weighted by atomic mass is 10.0. The van der Waals surface area contributed by atoms with Gasteiger partial charge in [0.05, 0.1) is 6.10 Å². The van der Waals surface area contributed by atoms with Gasteiger partial charge in [-0.3, -0.25) is 0 Å². The molecule has 1 heterocycles. The summed E-state index contributed by atoms with van der Waals surface area (Å²) in [6.07, 6.45) is 9.45. The van der Waals surface area contributed by atoms with E-state index in [9.17, 15) is 5.11 Å². The lowest BCUT2D eigenvalue weighted by Crippen LogP contribution is -2.06. The first kappa shape index (κ1) is 11.7. The van der Waals surface area contributed by atoms with Crippen molar-refractivity contribution in [1.82, 2.24) is 4.57 Å². The van der Waals surface area contributed by atoms with Crippen LogP contribution in [0.3, 0.4) is 0 Å². The zero-order valence-corrected chi connectivity index (χ0v) is 10.4. The fourth-order valence-electron chi connectivity index (χ4n) is 2.62. The summed E-state index contributed by atoms with van der Waals surface area (Å²) in [5.74, 6) is 1.15. The summed E-state index contributed by atoms with van der Waals surface area (Å²) in [4.78, 5) is 0. The monoisotopic (exact) mass is 221 g/mol. The summed E-state index contributed by atoms with van der Waals surface area (Å²) in [5.41, 5.74) is 1.06. The van der Waals surface area contributed by atoms with Crippen molar-refractivity contribution >= 4 is 0 Å². The number of hydrogen-bond donors (Lipinski definition) is 1. The summed E-state index contributed by atoms with van der Waals surface area (Å²) in [6, 6.07) is 2.06.